The molecule has 1 saturated heterocycles. The van der Waals surface area contributed by atoms with E-state index in [0.29, 0.717) is 22.6 Å². The van der Waals surface area contributed by atoms with Crippen LogP contribution in [0.1, 0.15) is 28.3 Å². The van der Waals surface area contributed by atoms with Gasteiger partial charge in [-0.05, 0) is 66.9 Å². The first-order valence-corrected chi connectivity index (χ1v) is 10.6. The smallest absolute Gasteiger partial charge is 0.300 e. The highest BCUT2D eigenvalue weighted by molar-refractivity contribution is 6.51. The average Bonchev–Trinajstić information content (AvgIpc) is 3.08. The number of benzene rings is 3. The summed E-state index contributed by atoms with van der Waals surface area (Å²) < 4.78 is 24.8. The van der Waals surface area contributed by atoms with Gasteiger partial charge in [0, 0.05) is 5.69 Å². The molecule has 1 atom stereocenters. The van der Waals surface area contributed by atoms with Crippen LogP contribution in [0.4, 0.5) is 10.1 Å². The molecule has 174 valence electrons. The molecule has 7 heteroatoms. The quantitative estimate of drug-likeness (QED) is 0.326. The number of rotatable bonds is 5. The summed E-state index contributed by atoms with van der Waals surface area (Å²) >= 11 is 0. The van der Waals surface area contributed by atoms with Crippen molar-refractivity contribution in [3.8, 4) is 11.5 Å². The number of carbonyl (C=O) groups is 2. The molecule has 0 aromatic heterocycles. The number of aliphatic hydroxyl groups is 1. The van der Waals surface area contributed by atoms with Crippen molar-refractivity contribution in [3.63, 3.8) is 0 Å². The number of hydrogen-bond acceptors (Lipinski definition) is 5. The summed E-state index contributed by atoms with van der Waals surface area (Å²) in [5.41, 5.74) is 2.56. The molecule has 3 aromatic carbocycles. The molecule has 1 heterocycles. The Bertz CT molecular complexity index is 1310. The molecule has 0 saturated carbocycles. The normalized spacial score (nSPS) is 17.2. The highest BCUT2D eigenvalue weighted by Gasteiger charge is 2.47. The second kappa shape index (κ2) is 9.02. The van der Waals surface area contributed by atoms with Gasteiger partial charge in [-0.25, -0.2) is 4.39 Å². The zero-order chi connectivity index (χ0) is 24.6. The third-order valence-corrected chi connectivity index (χ3v) is 5.84. The summed E-state index contributed by atoms with van der Waals surface area (Å²) in [6.45, 7) is 3.68. The van der Waals surface area contributed by atoms with Gasteiger partial charge in [-0.15, -0.1) is 0 Å². The van der Waals surface area contributed by atoms with Crippen molar-refractivity contribution in [3.05, 3.63) is 94.3 Å². The van der Waals surface area contributed by atoms with Crippen LogP contribution in [-0.4, -0.2) is 31.0 Å². The van der Waals surface area contributed by atoms with Crippen molar-refractivity contribution in [2.45, 2.75) is 19.9 Å². The third kappa shape index (κ3) is 3.90. The number of hydrogen-bond donors (Lipinski definition) is 1. The Morgan fingerprint density at radius 2 is 1.68 bits per heavy atom. The maximum absolute atomic E-state index is 14.1. The van der Waals surface area contributed by atoms with Gasteiger partial charge in [0.2, 0.25) is 0 Å². The maximum atomic E-state index is 14.1. The van der Waals surface area contributed by atoms with Crippen LogP contribution in [0.3, 0.4) is 0 Å². The second-order valence-corrected chi connectivity index (χ2v) is 8.08. The van der Waals surface area contributed by atoms with Gasteiger partial charge >= 0.3 is 0 Å². The van der Waals surface area contributed by atoms with Crippen molar-refractivity contribution in [2.24, 2.45) is 0 Å². The van der Waals surface area contributed by atoms with Crippen LogP contribution < -0.4 is 14.4 Å². The lowest BCUT2D eigenvalue weighted by molar-refractivity contribution is -0.132. The summed E-state index contributed by atoms with van der Waals surface area (Å²) in [6.07, 6.45) is 0. The number of aryl methyl sites for hydroxylation is 2. The van der Waals surface area contributed by atoms with E-state index >= 15 is 0 Å². The SMILES string of the molecule is COc1ccc(C2/C(=C(\O)c3cc(C)cc(C)c3OC)C(=O)C(=O)N2c2cccc(F)c2)cc1. The minimum absolute atomic E-state index is 0.109. The Morgan fingerprint density at radius 1 is 0.971 bits per heavy atom. The fourth-order valence-corrected chi connectivity index (χ4v) is 4.37. The number of ether oxygens (including phenoxy) is 2. The molecule has 0 bridgehead atoms. The van der Waals surface area contributed by atoms with Crippen LogP contribution in [0.25, 0.3) is 5.76 Å². The largest absolute Gasteiger partial charge is 0.507 e. The Morgan fingerprint density at radius 3 is 2.29 bits per heavy atom. The van der Waals surface area contributed by atoms with Gasteiger partial charge in [-0.3, -0.25) is 14.5 Å². The lowest BCUT2D eigenvalue weighted by Gasteiger charge is -2.26. The van der Waals surface area contributed by atoms with Gasteiger partial charge < -0.3 is 14.6 Å². The van der Waals surface area contributed by atoms with Crippen LogP contribution in [0, 0.1) is 19.7 Å². The third-order valence-electron chi connectivity index (χ3n) is 5.84. The lowest BCUT2D eigenvalue weighted by atomic mass is 9.93. The average molecular weight is 461 g/mol. The first-order valence-electron chi connectivity index (χ1n) is 10.6. The highest BCUT2D eigenvalue weighted by Crippen LogP contribution is 2.44. The molecule has 1 N–H and O–H groups in total. The molecule has 0 radical (unpaired) electrons. The molecule has 1 fully saturated rings. The molecule has 1 aliphatic heterocycles. The molecule has 1 aliphatic rings. The van der Waals surface area contributed by atoms with Gasteiger partial charge in [-0.2, -0.15) is 0 Å². The number of aliphatic hydroxyl groups excluding tert-OH is 1. The number of amides is 1. The predicted molar refractivity (Wildman–Crippen MR) is 127 cm³/mol. The van der Waals surface area contributed by atoms with E-state index in [1.165, 1.54) is 37.3 Å². The summed E-state index contributed by atoms with van der Waals surface area (Å²) in [7, 11) is 3.00. The fourth-order valence-electron chi connectivity index (χ4n) is 4.37. The van der Waals surface area contributed by atoms with Gasteiger partial charge in [0.15, 0.2) is 0 Å². The minimum Gasteiger partial charge on any atom is -0.507 e. The van der Waals surface area contributed by atoms with Gasteiger partial charge in [0.25, 0.3) is 11.7 Å². The Labute approximate surface area is 196 Å². The number of carbonyl (C=O) groups excluding carboxylic acids is 2. The van der Waals surface area contributed by atoms with E-state index in [1.54, 1.807) is 36.4 Å². The summed E-state index contributed by atoms with van der Waals surface area (Å²) in [4.78, 5) is 27.7. The number of nitrogens with zero attached hydrogens (tertiary/aromatic N) is 1. The number of halogens is 1. The summed E-state index contributed by atoms with van der Waals surface area (Å²) in [5, 5.41) is 11.4. The molecular weight excluding hydrogens is 437 g/mol. The van der Waals surface area contributed by atoms with E-state index in [9.17, 15) is 19.1 Å². The van der Waals surface area contributed by atoms with Gasteiger partial charge in [0.05, 0.1) is 31.4 Å². The van der Waals surface area contributed by atoms with E-state index in [-0.39, 0.29) is 17.0 Å². The zero-order valence-electron chi connectivity index (χ0n) is 19.3. The molecule has 0 aliphatic carbocycles. The minimum atomic E-state index is -0.988. The highest BCUT2D eigenvalue weighted by atomic mass is 19.1. The van der Waals surface area contributed by atoms with Crippen LogP contribution in [0.5, 0.6) is 11.5 Å². The topological polar surface area (TPSA) is 76.1 Å². The number of methoxy groups -OCH3 is 2. The van der Waals surface area contributed by atoms with Crippen molar-refractivity contribution in [1.82, 2.24) is 0 Å². The maximum Gasteiger partial charge on any atom is 0.300 e. The van der Waals surface area contributed by atoms with Gasteiger partial charge in [-0.1, -0.05) is 24.3 Å². The van der Waals surface area contributed by atoms with Crippen molar-refractivity contribution < 1.29 is 28.6 Å². The van der Waals surface area contributed by atoms with Crippen molar-refractivity contribution >= 4 is 23.1 Å². The molecule has 4 rings (SSSR count). The van der Waals surface area contributed by atoms with Crippen LogP contribution in [0.2, 0.25) is 0 Å². The Kier molecular flexibility index (Phi) is 6.11. The van der Waals surface area contributed by atoms with Gasteiger partial charge in [0.1, 0.15) is 23.1 Å². The molecule has 3 aromatic rings. The van der Waals surface area contributed by atoms with Crippen molar-refractivity contribution in [1.29, 1.82) is 0 Å². The first-order chi connectivity index (χ1) is 16.3. The second-order valence-electron chi connectivity index (χ2n) is 8.08. The lowest BCUT2D eigenvalue weighted by Crippen LogP contribution is -2.29. The van der Waals surface area contributed by atoms with E-state index in [2.05, 4.69) is 0 Å². The van der Waals surface area contributed by atoms with E-state index in [0.717, 1.165) is 11.1 Å². The zero-order valence-corrected chi connectivity index (χ0v) is 19.3. The molecule has 6 nitrogen and oxygen atoms in total. The standard InChI is InChI=1S/C27H24FNO5/c1-15-12-16(2)26(34-4)21(13-15)24(30)22-23(17-8-10-20(33-3)11-9-17)29(27(32)25(22)31)19-7-5-6-18(28)14-19/h5-14,23,30H,1-4H3/b24-22+. The fraction of sp³-hybridized carbons (Fsp3) is 0.185. The first kappa shape index (κ1) is 23.0. The molecule has 1 amide bonds. The summed E-state index contributed by atoms with van der Waals surface area (Å²) in [5.74, 6) is -1.67. The number of Topliss-reactive ketones (excluding diaryl/α,β-unsaturated/α-hetero) is 1. The number of ketones is 1. The van der Waals surface area contributed by atoms with Crippen LogP contribution >= 0.6 is 0 Å². The monoisotopic (exact) mass is 461 g/mol. The van der Waals surface area contributed by atoms with Crippen LogP contribution in [0.15, 0.2) is 66.2 Å². The molecular formula is C27H24FNO5. The van der Waals surface area contributed by atoms with E-state index in [4.69, 9.17) is 9.47 Å². The molecule has 34 heavy (non-hydrogen) atoms. The molecule has 0 spiro atoms. The number of anilines is 1. The van der Waals surface area contributed by atoms with E-state index < -0.39 is 23.5 Å². The Hall–Kier alpha value is -4.13. The van der Waals surface area contributed by atoms with E-state index in [1.807, 2.05) is 19.9 Å². The van der Waals surface area contributed by atoms with Crippen molar-refractivity contribution in [2.75, 3.05) is 19.1 Å². The van der Waals surface area contributed by atoms with Crippen LogP contribution in [-0.2, 0) is 9.59 Å². The predicted octanol–water partition coefficient (Wildman–Crippen LogP) is 5.09. The molecule has 1 unspecified atom stereocenters. The summed E-state index contributed by atoms with van der Waals surface area (Å²) in [6, 6.07) is 14.8. The Balaban J connectivity index is 2.00.